The van der Waals surface area contributed by atoms with Crippen molar-refractivity contribution in [1.82, 2.24) is 0 Å². The molecule has 0 spiro atoms. The zero-order valence-corrected chi connectivity index (χ0v) is 17.5. The van der Waals surface area contributed by atoms with Crippen molar-refractivity contribution >= 4 is 28.2 Å². The Balaban J connectivity index is 1.92. The van der Waals surface area contributed by atoms with Crippen LogP contribution in [0.3, 0.4) is 0 Å². The molecule has 0 radical (unpaired) electrons. The molecule has 0 aliphatic carbocycles. The number of anilines is 1. The minimum absolute atomic E-state index is 0.0188. The largest absolute Gasteiger partial charge is 0.493 e. The van der Waals surface area contributed by atoms with Crippen molar-refractivity contribution in [2.24, 2.45) is 0 Å². The number of esters is 1. The lowest BCUT2D eigenvalue weighted by Crippen LogP contribution is -2.15. The molecule has 0 atom stereocenters. The van der Waals surface area contributed by atoms with Crippen molar-refractivity contribution in [3.63, 3.8) is 0 Å². The number of alkyl halides is 2. The molecule has 6 nitrogen and oxygen atoms in total. The SMILES string of the molecule is CCOC(=O)c1c(-c2ccccc2)csc1NC(=O)c1ccc(OC(F)F)c(OC)c1. The van der Waals surface area contributed by atoms with E-state index in [4.69, 9.17) is 9.47 Å². The number of hydrogen-bond donors (Lipinski definition) is 1. The van der Waals surface area contributed by atoms with Gasteiger partial charge in [0.15, 0.2) is 11.5 Å². The fourth-order valence-electron chi connectivity index (χ4n) is 2.86. The van der Waals surface area contributed by atoms with Gasteiger partial charge in [-0.2, -0.15) is 8.78 Å². The number of benzene rings is 2. The third-order valence-corrected chi connectivity index (χ3v) is 5.12. The molecule has 2 aromatic carbocycles. The number of carbonyl (C=O) groups excluding carboxylic acids is 2. The van der Waals surface area contributed by atoms with Gasteiger partial charge in [0.1, 0.15) is 10.6 Å². The quantitative estimate of drug-likeness (QED) is 0.465. The summed E-state index contributed by atoms with van der Waals surface area (Å²) in [5.41, 5.74) is 1.83. The maximum absolute atomic E-state index is 12.8. The van der Waals surface area contributed by atoms with E-state index in [2.05, 4.69) is 10.1 Å². The molecule has 9 heteroatoms. The molecular formula is C22H19F2NO5S. The van der Waals surface area contributed by atoms with Crippen LogP contribution in [0.2, 0.25) is 0 Å². The van der Waals surface area contributed by atoms with Gasteiger partial charge < -0.3 is 19.5 Å². The molecule has 3 aromatic rings. The van der Waals surface area contributed by atoms with E-state index in [9.17, 15) is 18.4 Å². The van der Waals surface area contributed by atoms with E-state index in [1.165, 1.54) is 36.6 Å². The van der Waals surface area contributed by atoms with Crippen LogP contribution in [-0.4, -0.2) is 32.2 Å². The van der Waals surface area contributed by atoms with Gasteiger partial charge in [0.25, 0.3) is 5.91 Å². The van der Waals surface area contributed by atoms with Gasteiger partial charge in [-0.1, -0.05) is 30.3 Å². The highest BCUT2D eigenvalue weighted by Gasteiger charge is 2.23. The molecule has 0 unspecified atom stereocenters. The van der Waals surface area contributed by atoms with E-state index in [1.807, 2.05) is 30.3 Å². The van der Waals surface area contributed by atoms with Crippen molar-refractivity contribution < 1.29 is 32.6 Å². The molecule has 31 heavy (non-hydrogen) atoms. The average Bonchev–Trinajstić information content (AvgIpc) is 3.18. The molecule has 0 aliphatic rings. The minimum atomic E-state index is -3.02. The van der Waals surface area contributed by atoms with Crippen molar-refractivity contribution in [2.45, 2.75) is 13.5 Å². The number of nitrogens with one attached hydrogen (secondary N) is 1. The summed E-state index contributed by atoms with van der Waals surface area (Å²) in [5.74, 6) is -1.32. The maximum atomic E-state index is 12.8. The highest BCUT2D eigenvalue weighted by Crippen LogP contribution is 2.37. The number of halogens is 2. The summed E-state index contributed by atoms with van der Waals surface area (Å²) in [7, 11) is 1.28. The Kier molecular flexibility index (Phi) is 7.19. The smallest absolute Gasteiger partial charge is 0.387 e. The Morgan fingerprint density at radius 3 is 2.48 bits per heavy atom. The van der Waals surface area contributed by atoms with Crippen LogP contribution in [0, 0.1) is 0 Å². The van der Waals surface area contributed by atoms with Gasteiger partial charge in [-0.05, 0) is 30.7 Å². The summed E-state index contributed by atoms with van der Waals surface area (Å²) >= 11 is 1.18. The Labute approximate surface area is 181 Å². The molecular weight excluding hydrogens is 428 g/mol. The Morgan fingerprint density at radius 1 is 1.10 bits per heavy atom. The van der Waals surface area contributed by atoms with Gasteiger partial charge in [-0.3, -0.25) is 4.79 Å². The number of hydrogen-bond acceptors (Lipinski definition) is 6. The van der Waals surface area contributed by atoms with Crippen LogP contribution in [-0.2, 0) is 4.74 Å². The number of thiophene rings is 1. The summed E-state index contributed by atoms with van der Waals surface area (Å²) in [4.78, 5) is 25.4. The van der Waals surface area contributed by atoms with Crippen LogP contribution < -0.4 is 14.8 Å². The second-order valence-corrected chi connectivity index (χ2v) is 7.02. The average molecular weight is 447 g/mol. The maximum Gasteiger partial charge on any atom is 0.387 e. The highest BCUT2D eigenvalue weighted by molar-refractivity contribution is 7.15. The molecule has 1 heterocycles. The molecule has 0 bridgehead atoms. The van der Waals surface area contributed by atoms with Crippen molar-refractivity contribution in [1.29, 1.82) is 0 Å². The minimum Gasteiger partial charge on any atom is -0.493 e. The van der Waals surface area contributed by atoms with Gasteiger partial charge in [-0.15, -0.1) is 11.3 Å². The van der Waals surface area contributed by atoms with Crippen LogP contribution in [0.4, 0.5) is 13.8 Å². The number of carbonyl (C=O) groups is 2. The molecule has 1 amide bonds. The standard InChI is InChI=1S/C22H19F2NO5S/c1-3-29-21(27)18-15(13-7-5-4-6-8-13)12-31-20(18)25-19(26)14-9-10-16(30-22(23)24)17(11-14)28-2/h4-12,22H,3H2,1-2H3,(H,25,26). The van der Waals surface area contributed by atoms with Crippen molar-refractivity contribution in [2.75, 3.05) is 19.0 Å². The van der Waals surface area contributed by atoms with Crippen LogP contribution in [0.15, 0.2) is 53.9 Å². The summed E-state index contributed by atoms with van der Waals surface area (Å²) in [6.45, 7) is -1.15. The van der Waals surface area contributed by atoms with E-state index >= 15 is 0 Å². The highest BCUT2D eigenvalue weighted by atomic mass is 32.1. The van der Waals surface area contributed by atoms with E-state index < -0.39 is 18.5 Å². The fourth-order valence-corrected chi connectivity index (χ4v) is 3.82. The lowest BCUT2D eigenvalue weighted by molar-refractivity contribution is -0.0512. The van der Waals surface area contributed by atoms with Gasteiger partial charge >= 0.3 is 12.6 Å². The number of methoxy groups -OCH3 is 1. The lowest BCUT2D eigenvalue weighted by atomic mass is 10.0. The van der Waals surface area contributed by atoms with E-state index in [-0.39, 0.29) is 29.2 Å². The molecule has 1 aromatic heterocycles. The molecule has 0 saturated heterocycles. The topological polar surface area (TPSA) is 73.9 Å². The fraction of sp³-hybridized carbons (Fsp3) is 0.182. The zero-order chi connectivity index (χ0) is 22.4. The second kappa shape index (κ2) is 10.0. The van der Waals surface area contributed by atoms with Gasteiger partial charge in [0.05, 0.1) is 13.7 Å². The van der Waals surface area contributed by atoms with Crippen LogP contribution >= 0.6 is 11.3 Å². The number of rotatable bonds is 8. The van der Waals surface area contributed by atoms with E-state index in [1.54, 1.807) is 12.3 Å². The summed E-state index contributed by atoms with van der Waals surface area (Å²) < 4.78 is 39.6. The van der Waals surface area contributed by atoms with Gasteiger partial charge in [0.2, 0.25) is 0 Å². The zero-order valence-electron chi connectivity index (χ0n) is 16.7. The first-order chi connectivity index (χ1) is 14.9. The first kappa shape index (κ1) is 22.2. The first-order valence-electron chi connectivity index (χ1n) is 9.22. The monoisotopic (exact) mass is 447 g/mol. The predicted octanol–water partition coefficient (Wildman–Crippen LogP) is 5.45. The van der Waals surface area contributed by atoms with Crippen LogP contribution in [0.1, 0.15) is 27.6 Å². The van der Waals surface area contributed by atoms with Crippen LogP contribution in [0.25, 0.3) is 11.1 Å². The third kappa shape index (κ3) is 5.18. The van der Waals surface area contributed by atoms with Crippen LogP contribution in [0.5, 0.6) is 11.5 Å². The summed E-state index contributed by atoms with van der Waals surface area (Å²) in [6.07, 6.45) is 0. The van der Waals surface area contributed by atoms with Gasteiger partial charge in [0, 0.05) is 16.5 Å². The van der Waals surface area contributed by atoms with Gasteiger partial charge in [-0.25, -0.2) is 4.79 Å². The predicted molar refractivity (Wildman–Crippen MR) is 113 cm³/mol. The second-order valence-electron chi connectivity index (χ2n) is 6.14. The van der Waals surface area contributed by atoms with E-state index in [0.29, 0.717) is 10.6 Å². The molecule has 1 N–H and O–H groups in total. The third-order valence-electron chi connectivity index (χ3n) is 4.22. The molecule has 162 valence electrons. The summed E-state index contributed by atoms with van der Waals surface area (Å²) in [6, 6.07) is 13.1. The Hall–Kier alpha value is -3.46. The van der Waals surface area contributed by atoms with Crippen molar-refractivity contribution in [3.05, 3.63) is 65.0 Å². The Bertz CT molecular complexity index is 1070. The first-order valence-corrected chi connectivity index (χ1v) is 10.1. The normalized spacial score (nSPS) is 10.6. The summed E-state index contributed by atoms with van der Waals surface area (Å²) in [5, 5.41) is 4.78. The van der Waals surface area contributed by atoms with Crippen molar-refractivity contribution in [3.8, 4) is 22.6 Å². The number of amides is 1. The lowest BCUT2D eigenvalue weighted by Gasteiger charge is -2.12. The molecule has 3 rings (SSSR count). The molecule has 0 fully saturated rings. The van der Waals surface area contributed by atoms with E-state index in [0.717, 1.165) is 5.56 Å². The Morgan fingerprint density at radius 2 is 1.84 bits per heavy atom. The number of ether oxygens (including phenoxy) is 3. The molecule has 0 aliphatic heterocycles. The molecule has 0 saturated carbocycles.